The topological polar surface area (TPSA) is 32.3 Å². The summed E-state index contributed by atoms with van der Waals surface area (Å²) < 4.78 is 0. The van der Waals surface area contributed by atoms with Gasteiger partial charge in [-0.15, -0.1) is 0 Å². The average molecular weight is 406 g/mol. The van der Waals surface area contributed by atoms with Crippen LogP contribution in [0.15, 0.2) is 72.8 Å². The zero-order valence-corrected chi connectivity index (χ0v) is 17.7. The van der Waals surface area contributed by atoms with Crippen molar-refractivity contribution in [3.8, 4) is 0 Å². The predicted octanol–water partition coefficient (Wildman–Crippen LogP) is 7.06. The average Bonchev–Trinajstić information content (AvgIpc) is 2.99. The highest BCUT2D eigenvalue weighted by Gasteiger charge is 2.53. The Kier molecular flexibility index (Phi) is 4.97. The van der Waals surface area contributed by atoms with Crippen LogP contribution in [0.1, 0.15) is 31.0 Å². The molecule has 152 valence electrons. The molecule has 0 aliphatic carbocycles. The van der Waals surface area contributed by atoms with Gasteiger partial charge in [-0.2, -0.15) is 0 Å². The second kappa shape index (κ2) is 7.63. The maximum atomic E-state index is 13.8. The number of carbonyl (C=O) groups is 1. The molecule has 2 amide bonds. The smallest absolute Gasteiger partial charge is 0.286 e. The van der Waals surface area contributed by atoms with Gasteiger partial charge in [0.2, 0.25) is 0 Å². The lowest BCUT2D eigenvalue weighted by atomic mass is 9.87. The van der Waals surface area contributed by atoms with Crippen molar-refractivity contribution in [1.29, 1.82) is 0 Å². The lowest BCUT2D eigenvalue weighted by molar-refractivity contribution is 0.254. The van der Waals surface area contributed by atoms with Gasteiger partial charge in [0.25, 0.3) is 0 Å². The predicted molar refractivity (Wildman–Crippen MR) is 124 cm³/mol. The summed E-state index contributed by atoms with van der Waals surface area (Å²) in [5.74, 6) is 0. The quantitative estimate of drug-likeness (QED) is 0.428. The van der Waals surface area contributed by atoms with Crippen LogP contribution in [0.2, 0.25) is 0 Å². The normalized spacial score (nSPS) is 17.3. The van der Waals surface area contributed by atoms with Crippen LogP contribution in [0.25, 0.3) is 9.69 Å². The number of carbonyl (C=O) groups excluding carboxylic acids is 1. The van der Waals surface area contributed by atoms with Crippen molar-refractivity contribution in [2.75, 3.05) is 9.80 Å². The van der Waals surface area contributed by atoms with Gasteiger partial charge in [-0.05, 0) is 50.6 Å². The van der Waals surface area contributed by atoms with E-state index in [1.807, 2.05) is 80.3 Å². The molecule has 0 spiro atoms. The number of hydrogen-bond donors (Lipinski definition) is 0. The van der Waals surface area contributed by atoms with E-state index in [0.717, 1.165) is 22.5 Å². The summed E-state index contributed by atoms with van der Waals surface area (Å²) in [6.07, 6.45) is 0. The molecule has 0 saturated carbocycles. The van der Waals surface area contributed by atoms with Crippen molar-refractivity contribution < 1.29 is 4.79 Å². The molecule has 31 heavy (non-hydrogen) atoms. The van der Waals surface area contributed by atoms with Gasteiger partial charge in [-0.3, -0.25) is 9.80 Å². The van der Waals surface area contributed by atoms with Crippen LogP contribution in [-0.2, 0) is 0 Å². The number of rotatable bonds is 3. The van der Waals surface area contributed by atoms with E-state index in [2.05, 4.69) is 9.69 Å². The van der Waals surface area contributed by atoms with Crippen molar-refractivity contribution in [2.24, 2.45) is 0 Å². The fourth-order valence-corrected chi connectivity index (χ4v) is 4.31. The monoisotopic (exact) mass is 406 g/mol. The molecular formula is C26H22N4O. The number of anilines is 2. The Balaban J connectivity index is 1.90. The molecule has 1 saturated heterocycles. The molecule has 3 aromatic rings. The molecule has 4 rings (SSSR count). The number of hydrogen-bond acceptors (Lipinski definition) is 1. The summed E-state index contributed by atoms with van der Waals surface area (Å²) in [5.41, 5.74) is 4.04. The second-order valence-corrected chi connectivity index (χ2v) is 8.21. The third kappa shape index (κ3) is 3.41. The number of nitrogens with zero attached hydrogens (tertiary/aromatic N) is 4. The summed E-state index contributed by atoms with van der Waals surface area (Å²) >= 11 is 0. The van der Waals surface area contributed by atoms with E-state index in [0.29, 0.717) is 11.4 Å². The van der Waals surface area contributed by atoms with Crippen molar-refractivity contribution in [3.05, 3.63) is 107 Å². The maximum Gasteiger partial charge on any atom is 0.330 e. The van der Waals surface area contributed by atoms with Gasteiger partial charge < -0.3 is 0 Å². The van der Waals surface area contributed by atoms with Crippen LogP contribution in [0, 0.1) is 20.1 Å². The van der Waals surface area contributed by atoms with Crippen molar-refractivity contribution in [1.82, 2.24) is 0 Å². The molecule has 1 atom stereocenters. The summed E-state index contributed by atoms with van der Waals surface area (Å²) in [6.45, 7) is 20.7. The molecule has 3 aromatic carbocycles. The first-order valence-electron chi connectivity index (χ1n) is 10.0. The SMILES string of the molecule is [C-]#[N+]c1ccc(N2C(=O)N(c3ccc(C)cc3)C(C)(C)[C@@H]2c2cccc([N+]#[C-])c2)cc1. The molecule has 0 radical (unpaired) electrons. The highest BCUT2D eigenvalue weighted by Crippen LogP contribution is 2.48. The van der Waals surface area contributed by atoms with Gasteiger partial charge in [0.1, 0.15) is 0 Å². The molecule has 1 heterocycles. The minimum Gasteiger partial charge on any atom is -0.286 e. The van der Waals surface area contributed by atoms with Gasteiger partial charge in [0.15, 0.2) is 11.4 Å². The van der Waals surface area contributed by atoms with Gasteiger partial charge >= 0.3 is 6.03 Å². The lowest BCUT2D eigenvalue weighted by Crippen LogP contribution is -2.43. The van der Waals surface area contributed by atoms with Crippen molar-refractivity contribution >= 4 is 28.8 Å². The van der Waals surface area contributed by atoms with E-state index < -0.39 is 5.54 Å². The van der Waals surface area contributed by atoms with E-state index in [4.69, 9.17) is 13.1 Å². The highest BCUT2D eigenvalue weighted by atomic mass is 16.2. The van der Waals surface area contributed by atoms with Gasteiger partial charge in [-0.1, -0.05) is 54.1 Å². The summed E-state index contributed by atoms with van der Waals surface area (Å²) in [4.78, 5) is 24.5. The number of benzene rings is 3. The van der Waals surface area contributed by atoms with Crippen molar-refractivity contribution in [3.63, 3.8) is 0 Å². The zero-order chi connectivity index (χ0) is 22.2. The Bertz CT molecular complexity index is 1210. The van der Waals surface area contributed by atoms with Crippen molar-refractivity contribution in [2.45, 2.75) is 32.4 Å². The van der Waals surface area contributed by atoms with Gasteiger partial charge in [-0.25, -0.2) is 14.5 Å². The van der Waals surface area contributed by atoms with Crippen LogP contribution in [-0.4, -0.2) is 11.6 Å². The Hall–Kier alpha value is -4.09. The van der Waals surface area contributed by atoms with Crippen LogP contribution < -0.4 is 9.80 Å². The van der Waals surface area contributed by atoms with E-state index in [1.54, 1.807) is 23.1 Å². The summed E-state index contributed by atoms with van der Waals surface area (Å²) in [5, 5.41) is 0. The molecule has 1 aliphatic heterocycles. The first kappa shape index (κ1) is 20.2. The van der Waals surface area contributed by atoms with E-state index in [1.165, 1.54) is 0 Å². The molecule has 1 aliphatic rings. The molecule has 0 aromatic heterocycles. The zero-order valence-electron chi connectivity index (χ0n) is 17.7. The Morgan fingerprint density at radius 3 is 2.06 bits per heavy atom. The second-order valence-electron chi connectivity index (χ2n) is 8.21. The molecule has 0 bridgehead atoms. The van der Waals surface area contributed by atoms with E-state index >= 15 is 0 Å². The third-order valence-electron chi connectivity index (χ3n) is 5.77. The first-order chi connectivity index (χ1) is 14.9. The third-order valence-corrected chi connectivity index (χ3v) is 5.77. The van der Waals surface area contributed by atoms with Crippen LogP contribution >= 0.6 is 0 Å². The minimum atomic E-state index is -0.592. The molecule has 0 unspecified atom stereocenters. The number of urea groups is 1. The Labute approximate surface area is 182 Å². The molecule has 5 heteroatoms. The fraction of sp³-hybridized carbons (Fsp3) is 0.192. The van der Waals surface area contributed by atoms with Crippen LogP contribution in [0.5, 0.6) is 0 Å². The Morgan fingerprint density at radius 1 is 0.839 bits per heavy atom. The molecule has 1 fully saturated rings. The minimum absolute atomic E-state index is 0.136. The van der Waals surface area contributed by atoms with E-state index in [-0.39, 0.29) is 12.1 Å². The van der Waals surface area contributed by atoms with E-state index in [9.17, 15) is 4.79 Å². The largest absolute Gasteiger partial charge is 0.330 e. The van der Waals surface area contributed by atoms with Gasteiger partial charge in [0, 0.05) is 11.4 Å². The van der Waals surface area contributed by atoms with Crippen LogP contribution in [0.4, 0.5) is 27.5 Å². The summed E-state index contributed by atoms with van der Waals surface area (Å²) in [6, 6.07) is 22.0. The Morgan fingerprint density at radius 2 is 1.45 bits per heavy atom. The standard InChI is InChI=1S/C26H22N4O/c1-18-9-13-23(14-10-18)30-25(31)29(22-15-11-20(27-4)12-16-22)24(26(30,2)3)19-7-6-8-21(17-19)28-5/h6-17,24H,1-3H3/t24-/m0/s1. The van der Waals surface area contributed by atoms with Gasteiger partial charge in [0.05, 0.1) is 24.7 Å². The number of aryl methyl sites for hydroxylation is 1. The first-order valence-corrected chi connectivity index (χ1v) is 10.0. The fourth-order valence-electron chi connectivity index (χ4n) is 4.31. The number of amides is 2. The molecule has 0 N–H and O–H groups in total. The molecule has 5 nitrogen and oxygen atoms in total. The van der Waals surface area contributed by atoms with Crippen LogP contribution in [0.3, 0.4) is 0 Å². The lowest BCUT2D eigenvalue weighted by Gasteiger charge is -2.35. The highest BCUT2D eigenvalue weighted by molar-refractivity contribution is 6.08. The molecular weight excluding hydrogens is 384 g/mol. The summed E-state index contributed by atoms with van der Waals surface area (Å²) in [7, 11) is 0. The maximum absolute atomic E-state index is 13.8.